The topological polar surface area (TPSA) is 44.8 Å². The van der Waals surface area contributed by atoms with Crippen molar-refractivity contribution in [3.63, 3.8) is 0 Å². The Labute approximate surface area is 104 Å². The predicted molar refractivity (Wildman–Crippen MR) is 65.3 cm³/mol. The van der Waals surface area contributed by atoms with E-state index in [1.54, 1.807) is 14.2 Å². The van der Waals surface area contributed by atoms with E-state index in [4.69, 9.17) is 14.2 Å². The molecular weight excluding hydrogens is 220 g/mol. The van der Waals surface area contributed by atoms with Gasteiger partial charge in [-0.25, -0.2) is 0 Å². The molecule has 0 saturated carbocycles. The van der Waals surface area contributed by atoms with Gasteiger partial charge in [-0.1, -0.05) is 12.3 Å². The van der Waals surface area contributed by atoms with E-state index in [-0.39, 0.29) is 5.97 Å². The molecule has 0 unspecified atom stereocenters. The average Bonchev–Trinajstić information content (AvgIpc) is 2.33. The lowest BCUT2D eigenvalue weighted by atomic mass is 10.1. The van der Waals surface area contributed by atoms with Crippen molar-refractivity contribution in [2.24, 2.45) is 0 Å². The van der Waals surface area contributed by atoms with Gasteiger partial charge in [-0.15, -0.1) is 0 Å². The lowest BCUT2D eigenvalue weighted by molar-refractivity contribution is -0.143. The summed E-state index contributed by atoms with van der Waals surface area (Å²) >= 11 is 0. The third-order valence-corrected chi connectivity index (χ3v) is 2.14. The van der Waals surface area contributed by atoms with Gasteiger partial charge in [-0.3, -0.25) is 4.79 Å². The highest BCUT2D eigenvalue weighted by atomic mass is 16.7. The van der Waals surface area contributed by atoms with Crippen LogP contribution in [0, 0.1) is 11.8 Å². The summed E-state index contributed by atoms with van der Waals surface area (Å²) in [5, 5.41) is 0. The van der Waals surface area contributed by atoms with Crippen LogP contribution in [-0.2, 0) is 19.0 Å². The molecule has 0 aliphatic carbocycles. The van der Waals surface area contributed by atoms with Crippen LogP contribution in [0.5, 0.6) is 0 Å². The molecule has 4 nitrogen and oxygen atoms in total. The van der Waals surface area contributed by atoms with E-state index >= 15 is 0 Å². The van der Waals surface area contributed by atoms with Gasteiger partial charge in [-0.2, -0.15) is 0 Å². The lowest BCUT2D eigenvalue weighted by Gasteiger charge is -2.03. The normalized spacial score (nSPS) is 9.88. The molecule has 0 atom stereocenters. The zero-order chi connectivity index (χ0) is 12.9. The molecule has 0 spiro atoms. The van der Waals surface area contributed by atoms with E-state index in [1.807, 2.05) is 6.92 Å². The standard InChI is InChI=1S/C13H22O4/c1-4-17-12(14)10-8-6-5-7-9-11-13(15-2)16-3/h13H,4-8,10H2,1-3H3. The van der Waals surface area contributed by atoms with Gasteiger partial charge < -0.3 is 14.2 Å². The molecule has 0 aliphatic heterocycles. The summed E-state index contributed by atoms with van der Waals surface area (Å²) in [4.78, 5) is 11.0. The molecule has 4 heteroatoms. The first-order valence-corrected chi connectivity index (χ1v) is 5.94. The smallest absolute Gasteiger partial charge is 0.305 e. The van der Waals surface area contributed by atoms with E-state index in [0.717, 1.165) is 25.7 Å². The Kier molecular flexibility index (Phi) is 10.7. The Morgan fingerprint density at radius 1 is 1.18 bits per heavy atom. The summed E-state index contributed by atoms with van der Waals surface area (Å²) in [5.74, 6) is 5.72. The first-order valence-electron chi connectivity index (χ1n) is 5.94. The highest BCUT2D eigenvalue weighted by Crippen LogP contribution is 2.03. The number of unbranched alkanes of at least 4 members (excludes halogenated alkanes) is 3. The van der Waals surface area contributed by atoms with Crippen LogP contribution in [-0.4, -0.2) is 33.1 Å². The minimum atomic E-state index is -0.436. The Morgan fingerprint density at radius 3 is 2.47 bits per heavy atom. The largest absolute Gasteiger partial charge is 0.466 e. The number of hydrogen-bond donors (Lipinski definition) is 0. The quantitative estimate of drug-likeness (QED) is 0.283. The lowest BCUT2D eigenvalue weighted by Crippen LogP contribution is -2.09. The van der Waals surface area contributed by atoms with Crippen LogP contribution in [0.1, 0.15) is 39.0 Å². The van der Waals surface area contributed by atoms with Gasteiger partial charge in [0.2, 0.25) is 6.29 Å². The maximum Gasteiger partial charge on any atom is 0.305 e. The molecule has 17 heavy (non-hydrogen) atoms. The number of hydrogen-bond acceptors (Lipinski definition) is 4. The van der Waals surface area contributed by atoms with Crippen LogP contribution in [0.25, 0.3) is 0 Å². The number of carbonyl (C=O) groups is 1. The maximum absolute atomic E-state index is 11.0. The average molecular weight is 242 g/mol. The fraction of sp³-hybridized carbons (Fsp3) is 0.769. The van der Waals surface area contributed by atoms with Crippen molar-refractivity contribution in [2.45, 2.75) is 45.3 Å². The van der Waals surface area contributed by atoms with E-state index < -0.39 is 6.29 Å². The first-order chi connectivity index (χ1) is 8.24. The number of ether oxygens (including phenoxy) is 3. The molecule has 0 heterocycles. The van der Waals surface area contributed by atoms with Crippen molar-refractivity contribution in [1.29, 1.82) is 0 Å². The Balaban J connectivity index is 3.43. The molecule has 0 aliphatic rings. The van der Waals surface area contributed by atoms with Crippen molar-refractivity contribution in [3.05, 3.63) is 0 Å². The number of esters is 1. The van der Waals surface area contributed by atoms with Crippen molar-refractivity contribution < 1.29 is 19.0 Å². The van der Waals surface area contributed by atoms with Gasteiger partial charge in [-0.05, 0) is 25.7 Å². The fourth-order valence-electron chi connectivity index (χ4n) is 1.26. The van der Waals surface area contributed by atoms with Crippen LogP contribution in [0.15, 0.2) is 0 Å². The molecule has 0 bridgehead atoms. The van der Waals surface area contributed by atoms with Crippen molar-refractivity contribution >= 4 is 5.97 Å². The summed E-state index contributed by atoms with van der Waals surface area (Å²) in [6.07, 6.45) is 3.68. The molecular formula is C13H22O4. The Morgan fingerprint density at radius 2 is 1.88 bits per heavy atom. The summed E-state index contributed by atoms with van der Waals surface area (Å²) < 4.78 is 14.7. The van der Waals surface area contributed by atoms with Crippen LogP contribution in [0.3, 0.4) is 0 Å². The summed E-state index contributed by atoms with van der Waals surface area (Å²) in [5.41, 5.74) is 0. The molecule has 0 aromatic carbocycles. The fourth-order valence-corrected chi connectivity index (χ4v) is 1.26. The molecule has 0 radical (unpaired) electrons. The molecule has 98 valence electrons. The SMILES string of the molecule is CCOC(=O)CCCCCC#CC(OC)OC. The predicted octanol–water partition coefficient (Wildman–Crippen LogP) is 2.12. The zero-order valence-electron chi connectivity index (χ0n) is 11.0. The summed E-state index contributed by atoms with van der Waals surface area (Å²) in [6, 6.07) is 0. The molecule has 0 aromatic heterocycles. The second-order valence-electron chi connectivity index (χ2n) is 3.49. The van der Waals surface area contributed by atoms with Gasteiger partial charge in [0.05, 0.1) is 6.61 Å². The van der Waals surface area contributed by atoms with Crippen molar-refractivity contribution in [1.82, 2.24) is 0 Å². The first kappa shape index (κ1) is 16.0. The van der Waals surface area contributed by atoms with Crippen molar-refractivity contribution in [2.75, 3.05) is 20.8 Å². The highest BCUT2D eigenvalue weighted by Gasteiger charge is 2.00. The van der Waals surface area contributed by atoms with Gasteiger partial charge in [0, 0.05) is 27.1 Å². The second-order valence-corrected chi connectivity index (χ2v) is 3.49. The molecule has 0 rings (SSSR count). The highest BCUT2D eigenvalue weighted by molar-refractivity contribution is 5.69. The molecule has 0 N–H and O–H groups in total. The second kappa shape index (κ2) is 11.4. The van der Waals surface area contributed by atoms with E-state index in [0.29, 0.717) is 13.0 Å². The zero-order valence-corrected chi connectivity index (χ0v) is 11.0. The summed E-state index contributed by atoms with van der Waals surface area (Å²) in [6.45, 7) is 2.27. The van der Waals surface area contributed by atoms with E-state index in [1.165, 1.54) is 0 Å². The van der Waals surface area contributed by atoms with E-state index in [9.17, 15) is 4.79 Å². The molecule has 0 fully saturated rings. The Hall–Kier alpha value is -1.05. The maximum atomic E-state index is 11.0. The van der Waals surface area contributed by atoms with Crippen LogP contribution < -0.4 is 0 Å². The van der Waals surface area contributed by atoms with Crippen molar-refractivity contribution in [3.8, 4) is 11.8 Å². The third kappa shape index (κ3) is 9.86. The van der Waals surface area contributed by atoms with Gasteiger partial charge in [0.15, 0.2) is 0 Å². The van der Waals surface area contributed by atoms with E-state index in [2.05, 4.69) is 11.8 Å². The molecule has 0 aromatic rings. The van der Waals surface area contributed by atoms with Crippen LogP contribution in [0.2, 0.25) is 0 Å². The molecule has 0 saturated heterocycles. The van der Waals surface area contributed by atoms with Gasteiger partial charge in [0.1, 0.15) is 0 Å². The molecule has 0 amide bonds. The minimum absolute atomic E-state index is 0.114. The number of methoxy groups -OCH3 is 2. The minimum Gasteiger partial charge on any atom is -0.466 e. The number of carbonyl (C=O) groups excluding carboxylic acids is 1. The van der Waals surface area contributed by atoms with Crippen LogP contribution >= 0.6 is 0 Å². The Bertz CT molecular complexity index is 248. The third-order valence-electron chi connectivity index (χ3n) is 2.14. The monoisotopic (exact) mass is 242 g/mol. The van der Waals surface area contributed by atoms with Gasteiger partial charge in [0.25, 0.3) is 0 Å². The number of rotatable bonds is 8. The summed E-state index contributed by atoms with van der Waals surface area (Å²) in [7, 11) is 3.12. The van der Waals surface area contributed by atoms with Crippen LogP contribution in [0.4, 0.5) is 0 Å². The van der Waals surface area contributed by atoms with Gasteiger partial charge >= 0.3 is 5.97 Å².